The minimum atomic E-state index is -0.525. The van der Waals surface area contributed by atoms with E-state index < -0.39 is 6.10 Å². The molecule has 0 saturated carbocycles. The van der Waals surface area contributed by atoms with Crippen molar-refractivity contribution in [2.75, 3.05) is 19.8 Å². The topological polar surface area (TPSA) is 61.8 Å². The van der Waals surface area contributed by atoms with Crippen molar-refractivity contribution in [1.29, 1.82) is 0 Å². The Hall–Kier alpha value is -1.62. The van der Waals surface area contributed by atoms with Gasteiger partial charge in [-0.05, 0) is 51.4 Å². The number of esters is 2. The Bertz CT molecular complexity index is 701. The van der Waals surface area contributed by atoms with Gasteiger partial charge >= 0.3 is 11.9 Å². The number of rotatable bonds is 36. The van der Waals surface area contributed by atoms with Gasteiger partial charge in [0.25, 0.3) is 0 Å². The Balaban J connectivity index is 4.01. The van der Waals surface area contributed by atoms with Gasteiger partial charge in [-0.2, -0.15) is 0 Å². The fraction of sp³-hybridized carbons (Fsp3) is 0.854. The Labute approximate surface area is 286 Å². The van der Waals surface area contributed by atoms with Crippen molar-refractivity contribution >= 4 is 11.9 Å². The average molecular weight is 649 g/mol. The maximum Gasteiger partial charge on any atom is 0.306 e. The normalized spacial score (nSPS) is 12.3. The van der Waals surface area contributed by atoms with Gasteiger partial charge < -0.3 is 14.2 Å². The number of hydrogen-bond acceptors (Lipinski definition) is 5. The van der Waals surface area contributed by atoms with Crippen LogP contribution in [0.15, 0.2) is 24.3 Å². The van der Waals surface area contributed by atoms with E-state index in [4.69, 9.17) is 14.2 Å². The molecule has 0 rings (SSSR count). The molecule has 0 aliphatic carbocycles. The van der Waals surface area contributed by atoms with Crippen LogP contribution in [0.2, 0.25) is 0 Å². The van der Waals surface area contributed by atoms with E-state index in [-0.39, 0.29) is 25.2 Å². The first kappa shape index (κ1) is 44.4. The molecule has 5 heteroatoms. The smallest absolute Gasteiger partial charge is 0.306 e. The SMILES string of the molecule is CCCCC/C=C\C/C=C\CCCCCCCCCCOCC(COC(=O)CCCCCCCCC)OC(=O)CCCCCCC. The third-order valence-corrected chi connectivity index (χ3v) is 8.49. The lowest BCUT2D eigenvalue weighted by Crippen LogP contribution is -2.30. The zero-order valence-corrected chi connectivity index (χ0v) is 30.8. The molecule has 0 fully saturated rings. The van der Waals surface area contributed by atoms with E-state index in [2.05, 4.69) is 45.1 Å². The number of carbonyl (C=O) groups is 2. The van der Waals surface area contributed by atoms with Gasteiger partial charge in [0.2, 0.25) is 0 Å². The molecule has 0 aliphatic heterocycles. The molecule has 270 valence electrons. The molecular weight excluding hydrogens is 572 g/mol. The summed E-state index contributed by atoms with van der Waals surface area (Å²) in [6.45, 7) is 7.68. The first-order valence-corrected chi connectivity index (χ1v) is 19.9. The molecule has 0 spiro atoms. The molecule has 0 aromatic carbocycles. The van der Waals surface area contributed by atoms with Gasteiger partial charge in [-0.25, -0.2) is 0 Å². The Morgan fingerprint density at radius 2 is 0.913 bits per heavy atom. The molecule has 0 heterocycles. The summed E-state index contributed by atoms with van der Waals surface area (Å²) in [5.41, 5.74) is 0. The average Bonchev–Trinajstić information content (AvgIpc) is 3.05. The van der Waals surface area contributed by atoms with Gasteiger partial charge in [0.15, 0.2) is 6.10 Å². The van der Waals surface area contributed by atoms with Crippen molar-refractivity contribution in [3.05, 3.63) is 24.3 Å². The monoisotopic (exact) mass is 649 g/mol. The summed E-state index contributed by atoms with van der Waals surface area (Å²) in [4.78, 5) is 24.7. The molecule has 5 nitrogen and oxygen atoms in total. The number of ether oxygens (including phenoxy) is 3. The van der Waals surface area contributed by atoms with Crippen LogP contribution in [-0.4, -0.2) is 37.9 Å². The summed E-state index contributed by atoms with van der Waals surface area (Å²) < 4.78 is 17.1. The largest absolute Gasteiger partial charge is 0.462 e. The standard InChI is InChI=1S/C41H76O5/c1-4-7-10-13-15-16-17-18-19-20-21-22-23-24-25-27-30-33-36-44-37-39(46-41(43)35-32-28-12-9-6-3)38-45-40(42)34-31-29-26-14-11-8-5-2/h15-16,18-19,39H,4-14,17,20-38H2,1-3H3/b16-15-,19-18-. The molecule has 46 heavy (non-hydrogen) atoms. The molecule has 0 bridgehead atoms. The summed E-state index contributed by atoms with van der Waals surface area (Å²) in [6, 6.07) is 0. The molecule has 0 aliphatic rings. The zero-order chi connectivity index (χ0) is 33.6. The van der Waals surface area contributed by atoms with Crippen molar-refractivity contribution in [1.82, 2.24) is 0 Å². The van der Waals surface area contributed by atoms with E-state index in [1.54, 1.807) is 0 Å². The predicted molar refractivity (Wildman–Crippen MR) is 196 cm³/mol. The van der Waals surface area contributed by atoms with Gasteiger partial charge in [0.1, 0.15) is 6.61 Å². The second-order valence-electron chi connectivity index (χ2n) is 13.2. The number of allylic oxidation sites excluding steroid dienone is 4. The predicted octanol–water partition coefficient (Wildman–Crippen LogP) is 12.6. The minimum Gasteiger partial charge on any atom is -0.462 e. The second kappa shape index (κ2) is 37.8. The zero-order valence-electron chi connectivity index (χ0n) is 30.8. The van der Waals surface area contributed by atoms with Gasteiger partial charge in [-0.1, -0.05) is 161 Å². The fourth-order valence-electron chi connectivity index (χ4n) is 5.48. The maximum absolute atomic E-state index is 12.4. The van der Waals surface area contributed by atoms with Crippen LogP contribution in [0.3, 0.4) is 0 Å². The first-order valence-electron chi connectivity index (χ1n) is 19.9. The molecular formula is C41H76O5. The van der Waals surface area contributed by atoms with E-state index in [0.29, 0.717) is 19.4 Å². The van der Waals surface area contributed by atoms with E-state index in [9.17, 15) is 9.59 Å². The van der Waals surface area contributed by atoms with Crippen molar-refractivity contribution in [2.24, 2.45) is 0 Å². The molecule has 0 saturated heterocycles. The lowest BCUT2D eigenvalue weighted by molar-refractivity contribution is -0.163. The summed E-state index contributed by atoms with van der Waals surface area (Å²) in [6.07, 6.45) is 40.6. The summed E-state index contributed by atoms with van der Waals surface area (Å²) in [5.74, 6) is -0.416. The Kier molecular flexibility index (Phi) is 36.5. The van der Waals surface area contributed by atoms with Crippen molar-refractivity contribution in [3.63, 3.8) is 0 Å². The molecule has 0 aromatic heterocycles. The van der Waals surface area contributed by atoms with E-state index in [0.717, 1.165) is 51.4 Å². The van der Waals surface area contributed by atoms with Gasteiger partial charge in [-0.3, -0.25) is 9.59 Å². The highest BCUT2D eigenvalue weighted by molar-refractivity contribution is 5.70. The number of unbranched alkanes of at least 4 members (excludes halogenated alkanes) is 21. The second-order valence-corrected chi connectivity index (χ2v) is 13.2. The molecule has 1 atom stereocenters. The highest BCUT2D eigenvalue weighted by atomic mass is 16.6. The Morgan fingerprint density at radius 3 is 1.48 bits per heavy atom. The molecule has 1 unspecified atom stereocenters. The first-order chi connectivity index (χ1) is 22.6. The lowest BCUT2D eigenvalue weighted by atomic mass is 10.1. The van der Waals surface area contributed by atoms with Crippen LogP contribution < -0.4 is 0 Å². The van der Waals surface area contributed by atoms with Crippen LogP contribution in [0.4, 0.5) is 0 Å². The summed E-state index contributed by atoms with van der Waals surface area (Å²) in [7, 11) is 0. The van der Waals surface area contributed by atoms with E-state index in [1.807, 2.05) is 0 Å². The van der Waals surface area contributed by atoms with E-state index in [1.165, 1.54) is 116 Å². The lowest BCUT2D eigenvalue weighted by Gasteiger charge is -2.18. The molecule has 0 aromatic rings. The van der Waals surface area contributed by atoms with Crippen molar-refractivity contribution in [3.8, 4) is 0 Å². The van der Waals surface area contributed by atoms with Crippen LogP contribution in [0.5, 0.6) is 0 Å². The summed E-state index contributed by atoms with van der Waals surface area (Å²) in [5, 5.41) is 0. The Morgan fingerprint density at radius 1 is 0.478 bits per heavy atom. The van der Waals surface area contributed by atoms with Crippen LogP contribution >= 0.6 is 0 Å². The molecule has 0 radical (unpaired) electrons. The minimum absolute atomic E-state index is 0.0862. The fourth-order valence-corrected chi connectivity index (χ4v) is 5.48. The number of hydrogen-bond donors (Lipinski definition) is 0. The third-order valence-electron chi connectivity index (χ3n) is 8.49. The quantitative estimate of drug-likeness (QED) is 0.0384. The van der Waals surface area contributed by atoms with Gasteiger partial charge in [0, 0.05) is 19.4 Å². The van der Waals surface area contributed by atoms with Crippen LogP contribution in [0, 0.1) is 0 Å². The molecule has 0 amide bonds. The summed E-state index contributed by atoms with van der Waals surface area (Å²) >= 11 is 0. The molecule has 0 N–H and O–H groups in total. The highest BCUT2D eigenvalue weighted by Crippen LogP contribution is 2.12. The van der Waals surface area contributed by atoms with E-state index >= 15 is 0 Å². The maximum atomic E-state index is 12.4. The van der Waals surface area contributed by atoms with Crippen LogP contribution in [0.1, 0.15) is 201 Å². The number of carbonyl (C=O) groups excluding carboxylic acids is 2. The van der Waals surface area contributed by atoms with Crippen LogP contribution in [0.25, 0.3) is 0 Å². The van der Waals surface area contributed by atoms with Crippen LogP contribution in [-0.2, 0) is 23.8 Å². The van der Waals surface area contributed by atoms with Crippen molar-refractivity contribution < 1.29 is 23.8 Å². The van der Waals surface area contributed by atoms with Gasteiger partial charge in [0.05, 0.1) is 6.61 Å². The third kappa shape index (κ3) is 35.2. The highest BCUT2D eigenvalue weighted by Gasteiger charge is 2.17. The van der Waals surface area contributed by atoms with Gasteiger partial charge in [-0.15, -0.1) is 0 Å². The van der Waals surface area contributed by atoms with Crippen molar-refractivity contribution in [2.45, 2.75) is 207 Å².